The van der Waals surface area contributed by atoms with Crippen molar-refractivity contribution in [1.29, 1.82) is 0 Å². The molecular formula is C12H13N5O3S. The summed E-state index contributed by atoms with van der Waals surface area (Å²) in [5.74, 6) is 0. The highest BCUT2D eigenvalue weighted by Gasteiger charge is 2.14. The number of rotatable bonds is 5. The van der Waals surface area contributed by atoms with Gasteiger partial charge in [-0.05, 0) is 24.3 Å². The number of fused-ring (bicyclic) bond motifs is 1. The largest absolute Gasteiger partial charge is 0.323 e. The van der Waals surface area contributed by atoms with Gasteiger partial charge in [-0.25, -0.2) is 17.9 Å². The van der Waals surface area contributed by atoms with Crippen LogP contribution in [0.3, 0.4) is 0 Å². The molecule has 8 nitrogen and oxygen atoms in total. The lowest BCUT2D eigenvalue weighted by Crippen LogP contribution is -2.26. The maximum Gasteiger partial charge on any atom is 0.323 e. The molecule has 0 aliphatic carbocycles. The molecule has 0 spiro atoms. The Labute approximate surface area is 119 Å². The maximum absolute atomic E-state index is 12.2. The number of nitrogens with one attached hydrogen (secondary N) is 4. The highest BCUT2D eigenvalue weighted by Crippen LogP contribution is 2.14. The summed E-state index contributed by atoms with van der Waals surface area (Å²) in [6.07, 6.45) is 2.13. The van der Waals surface area contributed by atoms with Gasteiger partial charge in [-0.2, -0.15) is 5.10 Å². The summed E-state index contributed by atoms with van der Waals surface area (Å²) in [6, 6.07) is 6.21. The fourth-order valence-electron chi connectivity index (χ4n) is 2.01. The van der Waals surface area contributed by atoms with E-state index in [1.54, 1.807) is 18.3 Å². The van der Waals surface area contributed by atoms with E-state index in [0.29, 0.717) is 17.5 Å². The second kappa shape index (κ2) is 5.19. The number of H-pyrrole nitrogens is 3. The molecule has 0 aliphatic rings. The van der Waals surface area contributed by atoms with E-state index in [1.165, 1.54) is 12.1 Å². The molecule has 9 heteroatoms. The van der Waals surface area contributed by atoms with Crippen molar-refractivity contribution in [3.8, 4) is 0 Å². The van der Waals surface area contributed by atoms with Crippen LogP contribution in [0.2, 0.25) is 0 Å². The minimum absolute atomic E-state index is 0.106. The first kappa shape index (κ1) is 13.6. The molecule has 0 radical (unpaired) electrons. The smallest absolute Gasteiger partial charge is 0.306 e. The molecule has 2 heterocycles. The lowest BCUT2D eigenvalue weighted by molar-refractivity contribution is 0.581. The summed E-state index contributed by atoms with van der Waals surface area (Å²) in [5.41, 5.74) is 1.50. The first-order valence-corrected chi connectivity index (χ1v) is 7.73. The minimum Gasteiger partial charge on any atom is -0.306 e. The average Bonchev–Trinajstić information content (AvgIpc) is 3.05. The number of sulfonamides is 1. The highest BCUT2D eigenvalue weighted by molar-refractivity contribution is 7.89. The Hall–Kier alpha value is -2.39. The van der Waals surface area contributed by atoms with Gasteiger partial charge in [0.15, 0.2) is 0 Å². The van der Waals surface area contributed by atoms with Crippen LogP contribution >= 0.6 is 0 Å². The summed E-state index contributed by atoms with van der Waals surface area (Å²) in [5, 5.41) is 6.55. The van der Waals surface area contributed by atoms with Gasteiger partial charge in [-0.1, -0.05) is 0 Å². The van der Waals surface area contributed by atoms with E-state index in [-0.39, 0.29) is 17.1 Å². The molecule has 4 N–H and O–H groups in total. The Balaban J connectivity index is 1.77. The molecule has 0 saturated carbocycles. The summed E-state index contributed by atoms with van der Waals surface area (Å²) < 4.78 is 26.9. The molecule has 0 aliphatic heterocycles. The molecule has 0 atom stereocenters. The fourth-order valence-corrected chi connectivity index (χ4v) is 3.06. The van der Waals surface area contributed by atoms with Crippen molar-refractivity contribution >= 4 is 21.1 Å². The number of aromatic amines is 3. The third-order valence-corrected chi connectivity index (χ3v) is 4.50. The molecule has 3 rings (SSSR count). The van der Waals surface area contributed by atoms with Crippen molar-refractivity contribution in [3.05, 3.63) is 46.6 Å². The van der Waals surface area contributed by atoms with E-state index < -0.39 is 10.0 Å². The van der Waals surface area contributed by atoms with E-state index in [4.69, 9.17) is 0 Å². The van der Waals surface area contributed by atoms with Crippen LogP contribution in [-0.2, 0) is 16.4 Å². The Morgan fingerprint density at radius 2 is 1.95 bits per heavy atom. The SMILES string of the molecule is O=c1[nH]c2ccc(S(=O)(=O)NCCc3ccn[nH]3)cc2[nH]1. The average molecular weight is 307 g/mol. The third kappa shape index (κ3) is 2.88. The molecule has 110 valence electrons. The van der Waals surface area contributed by atoms with Crippen LogP contribution in [-0.4, -0.2) is 35.1 Å². The summed E-state index contributed by atoms with van der Waals surface area (Å²) in [4.78, 5) is 16.4. The van der Waals surface area contributed by atoms with E-state index >= 15 is 0 Å². The van der Waals surface area contributed by atoms with Gasteiger partial charge in [0.05, 0.1) is 15.9 Å². The van der Waals surface area contributed by atoms with Crippen LogP contribution in [0, 0.1) is 0 Å². The molecule has 3 aromatic rings. The predicted molar refractivity (Wildman–Crippen MR) is 76.4 cm³/mol. The quantitative estimate of drug-likeness (QED) is 0.533. The predicted octanol–water partition coefficient (Wildman–Crippen LogP) is 0.100. The monoisotopic (exact) mass is 307 g/mol. The van der Waals surface area contributed by atoms with Crippen LogP contribution in [0.15, 0.2) is 40.2 Å². The minimum atomic E-state index is -3.62. The van der Waals surface area contributed by atoms with Gasteiger partial charge in [0.1, 0.15) is 0 Å². The zero-order valence-corrected chi connectivity index (χ0v) is 11.7. The van der Waals surface area contributed by atoms with Crippen molar-refractivity contribution in [2.45, 2.75) is 11.3 Å². The van der Waals surface area contributed by atoms with Crippen molar-refractivity contribution in [2.24, 2.45) is 0 Å². The molecule has 21 heavy (non-hydrogen) atoms. The lowest BCUT2D eigenvalue weighted by atomic mass is 10.3. The van der Waals surface area contributed by atoms with Crippen molar-refractivity contribution in [3.63, 3.8) is 0 Å². The number of nitrogens with zero attached hydrogens (tertiary/aromatic N) is 1. The summed E-state index contributed by atoms with van der Waals surface area (Å²) in [6.45, 7) is 0.256. The molecule has 1 aromatic carbocycles. The number of hydrogen-bond donors (Lipinski definition) is 4. The van der Waals surface area contributed by atoms with Crippen LogP contribution in [0.1, 0.15) is 5.69 Å². The van der Waals surface area contributed by atoms with Gasteiger partial charge in [-0.15, -0.1) is 0 Å². The Morgan fingerprint density at radius 1 is 1.14 bits per heavy atom. The standard InChI is InChI=1S/C12H13N5O3S/c18-12-15-10-2-1-9(7-11(10)16-12)21(19,20)14-6-4-8-3-5-13-17-8/h1-3,5,7,14H,4,6H2,(H,13,17)(H2,15,16,18). The summed E-state index contributed by atoms with van der Waals surface area (Å²) >= 11 is 0. The third-order valence-electron chi connectivity index (χ3n) is 3.04. The van der Waals surface area contributed by atoms with E-state index in [9.17, 15) is 13.2 Å². The molecule has 0 unspecified atom stereocenters. The van der Waals surface area contributed by atoms with Crippen molar-refractivity contribution in [1.82, 2.24) is 24.9 Å². The van der Waals surface area contributed by atoms with Crippen LogP contribution in [0.5, 0.6) is 0 Å². The second-order valence-electron chi connectivity index (χ2n) is 4.52. The fraction of sp³-hybridized carbons (Fsp3) is 0.167. The van der Waals surface area contributed by atoms with Crippen LogP contribution in [0.4, 0.5) is 0 Å². The van der Waals surface area contributed by atoms with Crippen LogP contribution < -0.4 is 10.4 Å². The number of hydrogen-bond acceptors (Lipinski definition) is 4. The first-order chi connectivity index (χ1) is 10.0. The van der Waals surface area contributed by atoms with Crippen molar-refractivity contribution in [2.75, 3.05) is 6.54 Å². The molecule has 0 bridgehead atoms. The van der Waals surface area contributed by atoms with Gasteiger partial charge in [0.25, 0.3) is 0 Å². The van der Waals surface area contributed by atoms with E-state index in [2.05, 4.69) is 24.9 Å². The summed E-state index contributed by atoms with van der Waals surface area (Å²) in [7, 11) is -3.62. The second-order valence-corrected chi connectivity index (χ2v) is 6.28. The number of imidazole rings is 1. The molecular weight excluding hydrogens is 294 g/mol. The number of benzene rings is 1. The lowest BCUT2D eigenvalue weighted by Gasteiger charge is -2.06. The topological polar surface area (TPSA) is 124 Å². The van der Waals surface area contributed by atoms with Gasteiger partial charge in [0.2, 0.25) is 10.0 Å². The van der Waals surface area contributed by atoms with Gasteiger partial charge >= 0.3 is 5.69 Å². The zero-order chi connectivity index (χ0) is 14.9. The van der Waals surface area contributed by atoms with Crippen molar-refractivity contribution < 1.29 is 8.42 Å². The van der Waals surface area contributed by atoms with Gasteiger partial charge in [0, 0.05) is 24.9 Å². The first-order valence-electron chi connectivity index (χ1n) is 6.24. The normalized spacial score (nSPS) is 12.0. The van der Waals surface area contributed by atoms with Gasteiger partial charge in [-0.3, -0.25) is 5.10 Å². The number of aromatic nitrogens is 4. The maximum atomic E-state index is 12.2. The molecule has 0 saturated heterocycles. The zero-order valence-electron chi connectivity index (χ0n) is 10.9. The van der Waals surface area contributed by atoms with E-state index in [0.717, 1.165) is 5.69 Å². The Kier molecular flexibility index (Phi) is 3.35. The highest BCUT2D eigenvalue weighted by atomic mass is 32.2. The van der Waals surface area contributed by atoms with Gasteiger partial charge < -0.3 is 9.97 Å². The molecule has 0 fully saturated rings. The molecule has 2 aromatic heterocycles. The van der Waals surface area contributed by atoms with E-state index in [1.807, 2.05) is 0 Å². The van der Waals surface area contributed by atoms with Crippen LogP contribution in [0.25, 0.3) is 11.0 Å². The molecule has 0 amide bonds. The Bertz CT molecular complexity index is 908. The Morgan fingerprint density at radius 3 is 2.71 bits per heavy atom.